The fourth-order valence-corrected chi connectivity index (χ4v) is 3.01. The normalized spacial score (nSPS) is 12.2. The van der Waals surface area contributed by atoms with E-state index in [1.165, 1.54) is 24.0 Å². The molecule has 1 amide bonds. The van der Waals surface area contributed by atoms with Crippen LogP contribution >= 0.6 is 11.8 Å². The first-order valence-electron chi connectivity index (χ1n) is 7.62. The van der Waals surface area contributed by atoms with Gasteiger partial charge in [-0.1, -0.05) is 43.8 Å². The lowest BCUT2D eigenvalue weighted by Crippen LogP contribution is -2.35. The van der Waals surface area contributed by atoms with Crippen LogP contribution in [0.25, 0.3) is 0 Å². The molecule has 5 nitrogen and oxygen atoms in total. The SMILES string of the molecule is Cc1cnc(S[C@@H](C(=O)NCc2ccccc2F)C(C)C)[nH]c1=O. The number of aromatic nitrogens is 2. The molecule has 128 valence electrons. The molecule has 2 rings (SSSR count). The lowest BCUT2D eigenvalue weighted by Gasteiger charge is -2.19. The maximum absolute atomic E-state index is 13.6. The molecule has 0 radical (unpaired) electrons. The monoisotopic (exact) mass is 349 g/mol. The minimum Gasteiger partial charge on any atom is -0.351 e. The molecule has 1 atom stereocenters. The number of benzene rings is 1. The van der Waals surface area contributed by atoms with Crippen molar-refractivity contribution in [3.63, 3.8) is 0 Å². The van der Waals surface area contributed by atoms with E-state index in [0.29, 0.717) is 16.3 Å². The number of rotatable bonds is 6. The van der Waals surface area contributed by atoms with Gasteiger partial charge in [-0.15, -0.1) is 0 Å². The largest absolute Gasteiger partial charge is 0.351 e. The highest BCUT2D eigenvalue weighted by molar-refractivity contribution is 8.00. The minimum absolute atomic E-state index is 0.0159. The van der Waals surface area contributed by atoms with Gasteiger partial charge in [0.05, 0.1) is 5.25 Å². The number of carbonyl (C=O) groups excluding carboxylic acids is 1. The summed E-state index contributed by atoms with van der Waals surface area (Å²) in [5, 5.41) is 2.70. The molecule has 2 N–H and O–H groups in total. The predicted molar refractivity (Wildman–Crippen MR) is 92.3 cm³/mol. The zero-order chi connectivity index (χ0) is 17.7. The van der Waals surface area contributed by atoms with Crippen LogP contribution in [0.15, 0.2) is 40.4 Å². The second-order valence-corrected chi connectivity index (χ2v) is 6.92. The molecular formula is C17H20FN3O2S. The summed E-state index contributed by atoms with van der Waals surface area (Å²) in [5.74, 6) is -0.556. The molecule has 0 spiro atoms. The van der Waals surface area contributed by atoms with Crippen LogP contribution in [0, 0.1) is 18.7 Å². The molecule has 0 unspecified atom stereocenters. The Morgan fingerprint density at radius 1 is 1.38 bits per heavy atom. The average molecular weight is 349 g/mol. The third-order valence-corrected chi connectivity index (χ3v) is 4.91. The molecule has 0 bridgehead atoms. The van der Waals surface area contributed by atoms with Gasteiger partial charge >= 0.3 is 0 Å². The molecule has 1 aromatic heterocycles. The van der Waals surface area contributed by atoms with Crippen LogP contribution in [0.3, 0.4) is 0 Å². The lowest BCUT2D eigenvalue weighted by molar-refractivity contribution is -0.121. The third-order valence-electron chi connectivity index (χ3n) is 3.47. The Balaban J connectivity index is 2.06. The highest BCUT2D eigenvalue weighted by atomic mass is 32.2. The first kappa shape index (κ1) is 18.2. The highest BCUT2D eigenvalue weighted by Gasteiger charge is 2.24. The number of hydrogen-bond acceptors (Lipinski definition) is 4. The number of carbonyl (C=O) groups is 1. The van der Waals surface area contributed by atoms with Crippen molar-refractivity contribution in [3.8, 4) is 0 Å². The van der Waals surface area contributed by atoms with E-state index in [2.05, 4.69) is 15.3 Å². The van der Waals surface area contributed by atoms with Gasteiger partial charge in [0.2, 0.25) is 5.91 Å². The van der Waals surface area contributed by atoms with Gasteiger partial charge in [0.1, 0.15) is 5.82 Å². The van der Waals surface area contributed by atoms with E-state index < -0.39 is 5.25 Å². The molecule has 1 heterocycles. The summed E-state index contributed by atoms with van der Waals surface area (Å²) >= 11 is 1.19. The van der Waals surface area contributed by atoms with Crippen molar-refractivity contribution in [2.75, 3.05) is 0 Å². The fourth-order valence-electron chi connectivity index (χ4n) is 2.04. The molecular weight excluding hydrogens is 329 g/mol. The van der Waals surface area contributed by atoms with Crippen LogP contribution in [-0.4, -0.2) is 21.1 Å². The van der Waals surface area contributed by atoms with E-state index in [9.17, 15) is 14.0 Å². The van der Waals surface area contributed by atoms with E-state index in [0.717, 1.165) is 0 Å². The quantitative estimate of drug-likeness (QED) is 0.621. The van der Waals surface area contributed by atoms with Crippen LogP contribution in [0.2, 0.25) is 0 Å². The van der Waals surface area contributed by atoms with Crippen molar-refractivity contribution < 1.29 is 9.18 Å². The topological polar surface area (TPSA) is 74.8 Å². The number of H-pyrrole nitrogens is 1. The smallest absolute Gasteiger partial charge is 0.254 e. The van der Waals surface area contributed by atoms with Gasteiger partial charge in [0.15, 0.2) is 5.16 Å². The molecule has 0 aliphatic rings. The molecule has 0 fully saturated rings. The van der Waals surface area contributed by atoms with Crippen LogP contribution in [0.4, 0.5) is 4.39 Å². The van der Waals surface area contributed by atoms with E-state index in [1.807, 2.05) is 13.8 Å². The van der Waals surface area contributed by atoms with Crippen molar-refractivity contribution in [2.45, 2.75) is 37.7 Å². The van der Waals surface area contributed by atoms with Crippen LogP contribution in [-0.2, 0) is 11.3 Å². The van der Waals surface area contributed by atoms with E-state index >= 15 is 0 Å². The molecule has 2 aromatic rings. The van der Waals surface area contributed by atoms with Gasteiger partial charge < -0.3 is 10.3 Å². The van der Waals surface area contributed by atoms with E-state index in [-0.39, 0.29) is 29.7 Å². The number of halogens is 1. The van der Waals surface area contributed by atoms with Crippen molar-refractivity contribution in [2.24, 2.45) is 5.92 Å². The molecule has 0 saturated carbocycles. The van der Waals surface area contributed by atoms with Gasteiger partial charge in [0.25, 0.3) is 5.56 Å². The zero-order valence-corrected chi connectivity index (χ0v) is 14.6. The Morgan fingerprint density at radius 2 is 2.08 bits per heavy atom. The minimum atomic E-state index is -0.442. The number of thioether (sulfide) groups is 1. The number of aryl methyl sites for hydroxylation is 1. The molecule has 1 aromatic carbocycles. The standard InChI is InChI=1S/C17H20FN3O2S/c1-10(2)14(24-17-20-8-11(3)15(22)21-17)16(23)19-9-12-6-4-5-7-13(12)18/h4-8,10,14H,9H2,1-3H3,(H,19,23)(H,20,21,22)/t14-/m1/s1. The van der Waals surface area contributed by atoms with E-state index in [4.69, 9.17) is 0 Å². The number of nitrogens with zero attached hydrogens (tertiary/aromatic N) is 1. The number of hydrogen-bond donors (Lipinski definition) is 2. The van der Waals surface area contributed by atoms with Crippen LogP contribution < -0.4 is 10.9 Å². The molecule has 7 heteroatoms. The van der Waals surface area contributed by atoms with Crippen LogP contribution in [0.1, 0.15) is 25.0 Å². The van der Waals surface area contributed by atoms with Gasteiger partial charge in [-0.25, -0.2) is 9.37 Å². The second-order valence-electron chi connectivity index (χ2n) is 5.79. The lowest BCUT2D eigenvalue weighted by atomic mass is 10.1. The van der Waals surface area contributed by atoms with Crippen LogP contribution in [0.5, 0.6) is 0 Å². The molecule has 0 aliphatic heterocycles. The van der Waals surface area contributed by atoms with E-state index in [1.54, 1.807) is 25.1 Å². The van der Waals surface area contributed by atoms with Crippen molar-refractivity contribution in [1.29, 1.82) is 0 Å². The molecule has 24 heavy (non-hydrogen) atoms. The van der Waals surface area contributed by atoms with Gasteiger partial charge in [-0.05, 0) is 18.9 Å². The third kappa shape index (κ3) is 4.67. The fraction of sp³-hybridized carbons (Fsp3) is 0.353. The number of aromatic amines is 1. The maximum atomic E-state index is 13.6. The second kappa shape index (κ2) is 8.10. The Hall–Kier alpha value is -2.15. The summed E-state index contributed by atoms with van der Waals surface area (Å²) in [6, 6.07) is 6.32. The van der Waals surface area contributed by atoms with Gasteiger partial charge in [-0.3, -0.25) is 9.59 Å². The maximum Gasteiger partial charge on any atom is 0.254 e. The summed E-state index contributed by atoms with van der Waals surface area (Å²) in [6.07, 6.45) is 1.48. The van der Waals surface area contributed by atoms with Gasteiger partial charge in [0, 0.05) is 23.9 Å². The number of nitrogens with one attached hydrogen (secondary N) is 2. The molecule has 0 saturated heterocycles. The Morgan fingerprint density at radius 3 is 2.71 bits per heavy atom. The Kier molecular flexibility index (Phi) is 6.14. The summed E-state index contributed by atoms with van der Waals surface area (Å²) in [7, 11) is 0. The summed E-state index contributed by atoms with van der Waals surface area (Å²) in [4.78, 5) is 30.9. The zero-order valence-electron chi connectivity index (χ0n) is 13.8. The summed E-state index contributed by atoms with van der Waals surface area (Å²) in [6.45, 7) is 5.60. The summed E-state index contributed by atoms with van der Waals surface area (Å²) in [5.41, 5.74) is 0.728. The average Bonchev–Trinajstić information content (AvgIpc) is 2.54. The van der Waals surface area contributed by atoms with Gasteiger partial charge in [-0.2, -0.15) is 0 Å². The van der Waals surface area contributed by atoms with Crippen molar-refractivity contribution in [3.05, 3.63) is 57.8 Å². The first-order valence-corrected chi connectivity index (χ1v) is 8.50. The Bertz CT molecular complexity index is 776. The predicted octanol–water partition coefficient (Wildman–Crippen LogP) is 2.65. The Labute approximate surface area is 144 Å². The highest BCUT2D eigenvalue weighted by Crippen LogP contribution is 2.25. The summed E-state index contributed by atoms with van der Waals surface area (Å²) < 4.78 is 13.6. The van der Waals surface area contributed by atoms with Crippen molar-refractivity contribution >= 4 is 17.7 Å². The first-order chi connectivity index (χ1) is 11.4. The number of amides is 1. The molecule has 0 aliphatic carbocycles. The van der Waals surface area contributed by atoms with Crippen molar-refractivity contribution in [1.82, 2.24) is 15.3 Å².